The van der Waals surface area contributed by atoms with Crippen LogP contribution in [0.5, 0.6) is 0 Å². The van der Waals surface area contributed by atoms with E-state index in [1.807, 2.05) is 0 Å². The van der Waals surface area contributed by atoms with Gasteiger partial charge in [-0.2, -0.15) is 0 Å². The maximum absolute atomic E-state index is 10.3. The lowest BCUT2D eigenvalue weighted by Crippen LogP contribution is -2.59. The average Bonchev–Trinajstić information content (AvgIpc) is 2.99. The molecule has 0 aromatic heterocycles. The smallest absolute Gasteiger partial charge is 0.194 e. The van der Waals surface area contributed by atoms with E-state index in [9.17, 15) is 5.11 Å². The summed E-state index contributed by atoms with van der Waals surface area (Å²) in [6, 6.07) is 33.2. The van der Waals surface area contributed by atoms with E-state index in [2.05, 4.69) is 141 Å². The summed E-state index contributed by atoms with van der Waals surface area (Å²) in [5, 5.41) is 10.5. The molecule has 1 N–H and O–H groups in total. The van der Waals surface area contributed by atoms with Crippen LogP contribution < -0.4 is 0 Å². The van der Waals surface area contributed by atoms with Gasteiger partial charge in [-0.25, -0.2) is 0 Å². The van der Waals surface area contributed by atoms with Crippen molar-refractivity contribution in [1.29, 1.82) is 0 Å². The van der Waals surface area contributed by atoms with Crippen LogP contribution in [-0.2, 0) is 9.96 Å². The highest BCUT2D eigenvalue weighted by Gasteiger charge is 2.47. The van der Waals surface area contributed by atoms with Crippen molar-refractivity contribution in [3.05, 3.63) is 119 Å². The minimum atomic E-state index is -1.93. The van der Waals surface area contributed by atoms with Gasteiger partial charge in [0.05, 0.1) is 18.4 Å². The number of nitrogens with zero attached hydrogens (tertiary/aromatic N) is 2. The molecule has 0 saturated carbocycles. The summed E-state index contributed by atoms with van der Waals surface area (Å²) in [5.74, 6) is 0. The highest BCUT2D eigenvalue weighted by Crippen LogP contribution is 2.45. The lowest BCUT2D eigenvalue weighted by atomic mass is 9.74. The molecule has 42 heavy (non-hydrogen) atoms. The third kappa shape index (κ3) is 6.08. The summed E-state index contributed by atoms with van der Waals surface area (Å²) in [5.41, 5.74) is 4.65. The monoisotopic (exact) mass is 582 g/mol. The van der Waals surface area contributed by atoms with Gasteiger partial charge in [-0.1, -0.05) is 118 Å². The van der Waals surface area contributed by atoms with Crippen molar-refractivity contribution in [2.75, 3.05) is 26.2 Å². The van der Waals surface area contributed by atoms with E-state index in [4.69, 9.17) is 4.43 Å². The molecular weight excluding hydrogens is 533 g/mol. The minimum Gasteiger partial charge on any atom is -0.401 e. The van der Waals surface area contributed by atoms with Crippen LogP contribution in [0.15, 0.2) is 103 Å². The van der Waals surface area contributed by atoms with Gasteiger partial charge in [0.25, 0.3) is 0 Å². The molecule has 0 aliphatic carbocycles. The molecule has 5 rings (SSSR count). The molecule has 3 aromatic rings. The number of hydrogen-bond donors (Lipinski definition) is 1. The first kappa shape index (κ1) is 30.9. The Bertz CT molecular complexity index is 1210. The Morgan fingerprint density at radius 1 is 0.786 bits per heavy atom. The van der Waals surface area contributed by atoms with Gasteiger partial charge in [-0.3, -0.25) is 9.80 Å². The molecule has 0 bridgehead atoms. The third-order valence-corrected chi connectivity index (χ3v) is 14.5. The third-order valence-electron chi connectivity index (χ3n) is 10.0. The lowest BCUT2D eigenvalue weighted by Gasteiger charge is -2.53. The quantitative estimate of drug-likeness (QED) is 0.167. The Labute approximate surface area is 255 Å². The van der Waals surface area contributed by atoms with Crippen LogP contribution in [0.3, 0.4) is 0 Å². The van der Waals surface area contributed by atoms with Gasteiger partial charge in [-0.05, 0) is 66.1 Å². The van der Waals surface area contributed by atoms with Gasteiger partial charge in [0, 0.05) is 25.7 Å². The number of aliphatic hydroxyl groups excluding tert-OH is 1. The number of benzene rings is 3. The SMILES string of the molecule is CC(C)(C)[Si](C)(C)OC1CCCCN1C1CCN(C(c2ccccc2)(c2ccccc2)c2ccccc2)C/C1=C\CO. The molecule has 2 aliphatic heterocycles. The van der Waals surface area contributed by atoms with Crippen molar-refractivity contribution in [3.63, 3.8) is 0 Å². The molecule has 4 nitrogen and oxygen atoms in total. The molecule has 2 fully saturated rings. The fourth-order valence-corrected chi connectivity index (χ4v) is 8.15. The van der Waals surface area contributed by atoms with Crippen molar-refractivity contribution in [3.8, 4) is 0 Å². The summed E-state index contributed by atoms with van der Waals surface area (Å²) < 4.78 is 7.10. The molecule has 2 saturated heterocycles. The van der Waals surface area contributed by atoms with Gasteiger partial charge in [0.2, 0.25) is 0 Å². The van der Waals surface area contributed by atoms with E-state index in [1.165, 1.54) is 35.1 Å². The number of aliphatic hydroxyl groups is 1. The molecule has 0 spiro atoms. The zero-order valence-electron chi connectivity index (χ0n) is 26.3. The van der Waals surface area contributed by atoms with Gasteiger partial charge < -0.3 is 9.53 Å². The first-order valence-electron chi connectivity index (χ1n) is 15.8. The molecular formula is C37H50N2O2Si. The predicted octanol–water partition coefficient (Wildman–Crippen LogP) is 7.81. The number of rotatable bonds is 8. The summed E-state index contributed by atoms with van der Waals surface area (Å²) in [4.78, 5) is 5.30. The summed E-state index contributed by atoms with van der Waals surface area (Å²) in [6.07, 6.45) is 6.72. The van der Waals surface area contributed by atoms with Crippen LogP contribution in [0.1, 0.15) is 63.1 Å². The highest BCUT2D eigenvalue weighted by atomic mass is 28.4. The molecule has 0 radical (unpaired) electrons. The summed E-state index contributed by atoms with van der Waals surface area (Å²) in [6.45, 7) is 14.6. The van der Waals surface area contributed by atoms with E-state index in [0.717, 1.165) is 32.5 Å². The summed E-state index contributed by atoms with van der Waals surface area (Å²) in [7, 11) is -1.93. The second kappa shape index (κ2) is 13.0. The summed E-state index contributed by atoms with van der Waals surface area (Å²) >= 11 is 0. The first-order valence-corrected chi connectivity index (χ1v) is 18.7. The Kier molecular flexibility index (Phi) is 9.55. The predicted molar refractivity (Wildman–Crippen MR) is 177 cm³/mol. The van der Waals surface area contributed by atoms with E-state index in [-0.39, 0.29) is 23.9 Å². The van der Waals surface area contributed by atoms with Gasteiger partial charge in [0.15, 0.2) is 8.32 Å². The van der Waals surface area contributed by atoms with Gasteiger partial charge >= 0.3 is 0 Å². The molecule has 2 heterocycles. The molecule has 224 valence electrons. The van der Waals surface area contributed by atoms with E-state index >= 15 is 0 Å². The van der Waals surface area contributed by atoms with E-state index in [0.29, 0.717) is 0 Å². The number of hydrogen-bond acceptors (Lipinski definition) is 4. The Morgan fingerprint density at radius 3 is 1.79 bits per heavy atom. The molecule has 3 aromatic carbocycles. The fraction of sp³-hybridized carbons (Fsp3) is 0.459. The van der Waals surface area contributed by atoms with Crippen molar-refractivity contribution < 1.29 is 9.53 Å². The van der Waals surface area contributed by atoms with Crippen LogP contribution in [0.2, 0.25) is 18.1 Å². The highest BCUT2D eigenvalue weighted by molar-refractivity contribution is 6.74. The van der Waals surface area contributed by atoms with Crippen LogP contribution in [-0.4, -0.2) is 61.7 Å². The van der Waals surface area contributed by atoms with Crippen LogP contribution in [0.25, 0.3) is 0 Å². The van der Waals surface area contributed by atoms with Crippen molar-refractivity contribution in [2.45, 2.75) is 82.4 Å². The topological polar surface area (TPSA) is 35.9 Å². The van der Waals surface area contributed by atoms with Crippen LogP contribution in [0, 0.1) is 0 Å². The Balaban J connectivity index is 1.55. The molecule has 5 heteroatoms. The number of likely N-dealkylation sites (tertiary alicyclic amines) is 2. The fourth-order valence-electron chi connectivity index (χ4n) is 6.86. The van der Waals surface area contributed by atoms with Crippen molar-refractivity contribution in [2.24, 2.45) is 0 Å². The van der Waals surface area contributed by atoms with Gasteiger partial charge in [0.1, 0.15) is 0 Å². The van der Waals surface area contributed by atoms with E-state index < -0.39 is 13.9 Å². The lowest BCUT2D eigenvalue weighted by molar-refractivity contribution is -0.0446. The van der Waals surface area contributed by atoms with Crippen molar-refractivity contribution >= 4 is 8.32 Å². The molecule has 0 amide bonds. The zero-order chi connectivity index (χ0) is 29.8. The molecule has 2 atom stereocenters. The minimum absolute atomic E-state index is 0.0519. The maximum Gasteiger partial charge on any atom is 0.194 e. The Hall–Kier alpha value is -2.54. The van der Waals surface area contributed by atoms with Crippen LogP contribution >= 0.6 is 0 Å². The second-order valence-corrected chi connectivity index (χ2v) is 18.3. The molecule has 2 aliphatic rings. The van der Waals surface area contributed by atoms with Crippen LogP contribution in [0.4, 0.5) is 0 Å². The largest absolute Gasteiger partial charge is 0.401 e. The zero-order valence-corrected chi connectivity index (χ0v) is 27.3. The second-order valence-electron chi connectivity index (χ2n) is 13.6. The van der Waals surface area contributed by atoms with E-state index in [1.54, 1.807) is 0 Å². The van der Waals surface area contributed by atoms with Gasteiger partial charge in [-0.15, -0.1) is 0 Å². The molecule has 2 unspecified atom stereocenters. The number of piperidine rings is 2. The standard InChI is InChI=1S/C37H50N2O2Si/c1-36(2,3)42(4,5)41-35-23-15-16-26-39(35)34-24-27-38(29-30(34)25-28-40)37(31-17-9-6-10-18-31,32-19-11-7-12-20-32)33-21-13-8-14-22-33/h6-14,17-22,25,34-35,40H,15-16,23-24,26-29H2,1-5H3/b30-25+. The first-order chi connectivity index (χ1) is 20.2. The van der Waals surface area contributed by atoms with Crippen molar-refractivity contribution in [1.82, 2.24) is 9.80 Å². The average molecular weight is 583 g/mol. The Morgan fingerprint density at radius 2 is 1.31 bits per heavy atom. The normalized spacial score (nSPS) is 22.4. The maximum atomic E-state index is 10.3.